The van der Waals surface area contributed by atoms with E-state index in [2.05, 4.69) is 31.2 Å². The Morgan fingerprint density at radius 3 is 1.06 bits per heavy atom. The molecule has 0 saturated carbocycles. The second kappa shape index (κ2) is 28.0. The number of rotatable bonds is 26. The van der Waals surface area contributed by atoms with E-state index in [9.17, 15) is 4.79 Å². The van der Waals surface area contributed by atoms with Crippen molar-refractivity contribution in [3.05, 3.63) is 24.3 Å². The topological polar surface area (TPSA) is 37.3 Å². The van der Waals surface area contributed by atoms with Gasteiger partial charge in [-0.2, -0.15) is 0 Å². The standard InChI is InChI=1S/C30H56O2/c1-2-3-4-5-6-7-8-9-10-11-12-13-14-15-16-17-18-19-20-21-22-23-24-25-26-27-28-29-30(31)32/h7-8,21-22H,2-6,9-20,23-29H2,1H3,(H,31,32). The van der Waals surface area contributed by atoms with Gasteiger partial charge in [0, 0.05) is 6.42 Å². The molecule has 188 valence electrons. The molecule has 0 aromatic heterocycles. The summed E-state index contributed by atoms with van der Waals surface area (Å²) in [5.41, 5.74) is 0. The largest absolute Gasteiger partial charge is 0.481 e. The molecule has 2 nitrogen and oxygen atoms in total. The summed E-state index contributed by atoms with van der Waals surface area (Å²) in [6.07, 6.45) is 40.0. The Labute approximate surface area is 201 Å². The molecule has 0 spiro atoms. The van der Waals surface area contributed by atoms with Crippen LogP contribution in [0.1, 0.15) is 161 Å². The van der Waals surface area contributed by atoms with Crippen LogP contribution in [0, 0.1) is 0 Å². The highest BCUT2D eigenvalue weighted by atomic mass is 16.4. The molecule has 0 aromatic carbocycles. The van der Waals surface area contributed by atoms with E-state index < -0.39 is 5.97 Å². The lowest BCUT2D eigenvalue weighted by molar-refractivity contribution is -0.137. The summed E-state index contributed by atoms with van der Waals surface area (Å²) in [5, 5.41) is 8.60. The van der Waals surface area contributed by atoms with E-state index in [1.54, 1.807) is 0 Å². The molecule has 0 saturated heterocycles. The van der Waals surface area contributed by atoms with Gasteiger partial charge in [0.05, 0.1) is 0 Å². The molecule has 0 aliphatic carbocycles. The summed E-state index contributed by atoms with van der Waals surface area (Å²) in [7, 11) is 0. The first-order chi connectivity index (χ1) is 15.8. The average molecular weight is 449 g/mol. The second-order valence-corrected chi connectivity index (χ2v) is 9.61. The van der Waals surface area contributed by atoms with Gasteiger partial charge in [0.15, 0.2) is 0 Å². The van der Waals surface area contributed by atoms with Gasteiger partial charge < -0.3 is 5.11 Å². The van der Waals surface area contributed by atoms with E-state index in [-0.39, 0.29) is 0 Å². The molecule has 0 fully saturated rings. The third kappa shape index (κ3) is 28.9. The number of aliphatic carboxylic acids is 1. The average Bonchev–Trinajstić information content (AvgIpc) is 2.78. The zero-order valence-electron chi connectivity index (χ0n) is 21.6. The van der Waals surface area contributed by atoms with E-state index >= 15 is 0 Å². The maximum absolute atomic E-state index is 10.4. The Kier molecular flexibility index (Phi) is 27.1. The van der Waals surface area contributed by atoms with Gasteiger partial charge in [0.2, 0.25) is 0 Å². The van der Waals surface area contributed by atoms with Crippen molar-refractivity contribution in [1.82, 2.24) is 0 Å². The van der Waals surface area contributed by atoms with Gasteiger partial charge in [-0.05, 0) is 57.8 Å². The van der Waals surface area contributed by atoms with Crippen LogP contribution in [0.25, 0.3) is 0 Å². The summed E-state index contributed by atoms with van der Waals surface area (Å²) >= 11 is 0. The van der Waals surface area contributed by atoms with Crippen molar-refractivity contribution in [3.8, 4) is 0 Å². The monoisotopic (exact) mass is 448 g/mol. The molecule has 2 heteroatoms. The fourth-order valence-corrected chi connectivity index (χ4v) is 4.17. The van der Waals surface area contributed by atoms with Crippen LogP contribution in [0.3, 0.4) is 0 Å². The molecule has 0 rings (SSSR count). The molecule has 0 aliphatic rings. The van der Waals surface area contributed by atoms with Gasteiger partial charge >= 0.3 is 5.97 Å². The molecule has 0 heterocycles. The van der Waals surface area contributed by atoms with Crippen molar-refractivity contribution in [2.24, 2.45) is 0 Å². The van der Waals surface area contributed by atoms with Crippen molar-refractivity contribution in [2.45, 2.75) is 161 Å². The van der Waals surface area contributed by atoms with Crippen molar-refractivity contribution in [1.29, 1.82) is 0 Å². The summed E-state index contributed by atoms with van der Waals surface area (Å²) in [6.45, 7) is 2.28. The Hall–Kier alpha value is -1.05. The van der Waals surface area contributed by atoms with Crippen LogP contribution in [0.4, 0.5) is 0 Å². The zero-order valence-corrected chi connectivity index (χ0v) is 21.6. The number of hydrogen-bond donors (Lipinski definition) is 1. The summed E-state index contributed by atoms with van der Waals surface area (Å²) in [4.78, 5) is 10.4. The van der Waals surface area contributed by atoms with Crippen LogP contribution in [-0.4, -0.2) is 11.1 Å². The Bertz CT molecular complexity index is 425. The van der Waals surface area contributed by atoms with E-state index in [1.807, 2.05) is 0 Å². The van der Waals surface area contributed by atoms with Crippen LogP contribution < -0.4 is 0 Å². The van der Waals surface area contributed by atoms with E-state index in [0.29, 0.717) is 6.42 Å². The first-order valence-electron chi connectivity index (χ1n) is 14.3. The van der Waals surface area contributed by atoms with Crippen molar-refractivity contribution >= 4 is 5.97 Å². The fourth-order valence-electron chi connectivity index (χ4n) is 4.17. The number of carbonyl (C=O) groups is 1. The quantitative estimate of drug-likeness (QED) is 0.105. The molecule has 0 amide bonds. The molecule has 0 aromatic rings. The number of carboxylic acids is 1. The highest BCUT2D eigenvalue weighted by Crippen LogP contribution is 2.13. The predicted molar refractivity (Wildman–Crippen MR) is 142 cm³/mol. The Morgan fingerprint density at radius 1 is 0.469 bits per heavy atom. The molecular formula is C30H56O2. The molecule has 0 bridgehead atoms. The van der Waals surface area contributed by atoms with Crippen LogP contribution in [0.5, 0.6) is 0 Å². The molecule has 0 atom stereocenters. The van der Waals surface area contributed by atoms with Crippen LogP contribution in [-0.2, 0) is 4.79 Å². The predicted octanol–water partition coefficient (Wildman–Crippen LogP) is 10.6. The van der Waals surface area contributed by atoms with E-state index in [0.717, 1.165) is 12.8 Å². The number of carboxylic acid groups (broad SMARTS) is 1. The van der Waals surface area contributed by atoms with Gasteiger partial charge in [-0.3, -0.25) is 4.79 Å². The Balaban J connectivity index is 3.12. The fraction of sp³-hybridized carbons (Fsp3) is 0.833. The van der Waals surface area contributed by atoms with Crippen molar-refractivity contribution in [2.75, 3.05) is 0 Å². The highest BCUT2D eigenvalue weighted by molar-refractivity contribution is 5.66. The number of hydrogen-bond acceptors (Lipinski definition) is 1. The molecule has 0 unspecified atom stereocenters. The summed E-state index contributed by atoms with van der Waals surface area (Å²) in [6, 6.07) is 0. The van der Waals surface area contributed by atoms with Crippen LogP contribution in [0.15, 0.2) is 24.3 Å². The third-order valence-corrected chi connectivity index (χ3v) is 6.31. The zero-order chi connectivity index (χ0) is 23.4. The SMILES string of the molecule is CCCCCCC=CCCCCCCCCCCCCC=CCCCCCCCC(=O)O. The maximum atomic E-state index is 10.4. The van der Waals surface area contributed by atoms with Crippen molar-refractivity contribution in [3.63, 3.8) is 0 Å². The molecular weight excluding hydrogens is 392 g/mol. The molecule has 0 aliphatic heterocycles. The van der Waals surface area contributed by atoms with Gasteiger partial charge in [-0.15, -0.1) is 0 Å². The smallest absolute Gasteiger partial charge is 0.303 e. The van der Waals surface area contributed by atoms with E-state index in [4.69, 9.17) is 5.11 Å². The highest BCUT2D eigenvalue weighted by Gasteiger charge is 1.96. The van der Waals surface area contributed by atoms with Gasteiger partial charge in [-0.25, -0.2) is 0 Å². The summed E-state index contributed by atoms with van der Waals surface area (Å²) in [5.74, 6) is -0.662. The van der Waals surface area contributed by atoms with Gasteiger partial charge in [0.25, 0.3) is 0 Å². The van der Waals surface area contributed by atoms with Crippen molar-refractivity contribution < 1.29 is 9.90 Å². The van der Waals surface area contributed by atoms with E-state index in [1.165, 1.54) is 135 Å². The second-order valence-electron chi connectivity index (χ2n) is 9.61. The maximum Gasteiger partial charge on any atom is 0.303 e. The lowest BCUT2D eigenvalue weighted by Crippen LogP contribution is -1.93. The van der Waals surface area contributed by atoms with Gasteiger partial charge in [0.1, 0.15) is 0 Å². The minimum absolute atomic E-state index is 0.331. The lowest BCUT2D eigenvalue weighted by atomic mass is 10.0. The molecule has 32 heavy (non-hydrogen) atoms. The first kappa shape index (κ1) is 30.9. The first-order valence-corrected chi connectivity index (χ1v) is 14.3. The minimum Gasteiger partial charge on any atom is -0.481 e. The number of unbranched alkanes of at least 4 members (excludes halogenated alkanes) is 20. The molecule has 1 N–H and O–H groups in total. The molecule has 0 radical (unpaired) electrons. The minimum atomic E-state index is -0.662. The van der Waals surface area contributed by atoms with Gasteiger partial charge in [-0.1, -0.05) is 121 Å². The third-order valence-electron chi connectivity index (χ3n) is 6.31. The van der Waals surface area contributed by atoms with Crippen LogP contribution >= 0.6 is 0 Å². The normalized spacial score (nSPS) is 11.8. The Morgan fingerprint density at radius 2 is 0.750 bits per heavy atom. The lowest BCUT2D eigenvalue weighted by Gasteiger charge is -2.02. The van der Waals surface area contributed by atoms with Crippen LogP contribution in [0.2, 0.25) is 0 Å². The number of allylic oxidation sites excluding steroid dienone is 4. The summed E-state index contributed by atoms with van der Waals surface area (Å²) < 4.78 is 0.